The number of anilines is 1. The largest absolute Gasteiger partial charge is 0.396 e. The highest BCUT2D eigenvalue weighted by Gasteiger charge is 2.32. The Morgan fingerprint density at radius 3 is 2.42 bits per heavy atom. The Labute approximate surface area is 237 Å². The van der Waals surface area contributed by atoms with Crippen LogP contribution in [0.1, 0.15) is 74.5 Å². The van der Waals surface area contributed by atoms with Gasteiger partial charge in [-0.2, -0.15) is 0 Å². The summed E-state index contributed by atoms with van der Waals surface area (Å²) in [6.45, 7) is 8.63. The summed E-state index contributed by atoms with van der Waals surface area (Å²) in [5, 5.41) is 23.7. The highest BCUT2D eigenvalue weighted by molar-refractivity contribution is 6.10. The van der Waals surface area contributed by atoms with Gasteiger partial charge >= 0.3 is 0 Å². The van der Waals surface area contributed by atoms with Gasteiger partial charge in [-0.25, -0.2) is 4.39 Å². The summed E-state index contributed by atoms with van der Waals surface area (Å²) < 4.78 is 16.1. The highest BCUT2D eigenvalue weighted by atomic mass is 19.1. The minimum Gasteiger partial charge on any atom is -0.396 e. The lowest BCUT2D eigenvalue weighted by Crippen LogP contribution is -2.22. The summed E-state index contributed by atoms with van der Waals surface area (Å²) in [4.78, 5) is 14.2. The smallest absolute Gasteiger partial charge is 0.258 e. The van der Waals surface area contributed by atoms with E-state index in [1.165, 1.54) is 12.1 Å². The van der Waals surface area contributed by atoms with E-state index in [1.54, 1.807) is 12.1 Å². The van der Waals surface area contributed by atoms with E-state index in [9.17, 15) is 19.4 Å². The van der Waals surface area contributed by atoms with Crippen molar-refractivity contribution < 1.29 is 19.4 Å². The minimum absolute atomic E-state index is 0.0382. The van der Waals surface area contributed by atoms with Crippen molar-refractivity contribution in [1.82, 2.24) is 4.57 Å². The molecule has 0 saturated heterocycles. The van der Waals surface area contributed by atoms with Gasteiger partial charge in [0.05, 0.1) is 17.4 Å². The third kappa shape index (κ3) is 6.80. The Morgan fingerprint density at radius 1 is 1.10 bits per heavy atom. The third-order valence-corrected chi connectivity index (χ3v) is 7.52. The van der Waals surface area contributed by atoms with Crippen molar-refractivity contribution in [1.29, 1.82) is 0 Å². The highest BCUT2D eigenvalue weighted by Crippen LogP contribution is 2.43. The molecule has 212 valence electrons. The number of hydrogen-bond acceptors (Lipinski definition) is 3. The Balaban J connectivity index is 1.97. The van der Waals surface area contributed by atoms with Crippen LogP contribution in [0.25, 0.3) is 16.8 Å². The van der Waals surface area contributed by atoms with Gasteiger partial charge in [-0.3, -0.25) is 4.79 Å². The molecule has 4 rings (SSSR count). The molecule has 0 aliphatic heterocycles. The normalized spacial score (nSPS) is 16.6. The van der Waals surface area contributed by atoms with Crippen LogP contribution >= 0.6 is 0 Å². The number of aliphatic hydroxyl groups excluding tert-OH is 2. The predicted octanol–water partition coefficient (Wildman–Crippen LogP) is 7.42. The minimum atomic E-state index is -0.692. The lowest BCUT2D eigenvalue weighted by Gasteiger charge is -2.22. The van der Waals surface area contributed by atoms with Crippen LogP contribution < -0.4 is 5.32 Å². The summed E-state index contributed by atoms with van der Waals surface area (Å²) in [5.74, 6) is -0.149. The maximum atomic E-state index is 14.2. The first-order valence-electron chi connectivity index (χ1n) is 14.2. The maximum absolute atomic E-state index is 14.2. The first-order chi connectivity index (χ1) is 19.2. The first kappa shape index (κ1) is 29.5. The fourth-order valence-corrected chi connectivity index (χ4v) is 5.71. The van der Waals surface area contributed by atoms with Gasteiger partial charge in [-0.15, -0.1) is 0 Å². The number of para-hydroxylation sites is 1. The number of allylic oxidation sites excluding steroid dienone is 4. The fraction of sp³-hybridized carbons (Fsp3) is 0.382. The van der Waals surface area contributed by atoms with Crippen molar-refractivity contribution in [3.8, 4) is 11.3 Å². The molecule has 3 aromatic rings. The van der Waals surface area contributed by atoms with Crippen LogP contribution in [-0.2, 0) is 6.54 Å². The van der Waals surface area contributed by atoms with E-state index in [0.29, 0.717) is 30.0 Å². The summed E-state index contributed by atoms with van der Waals surface area (Å²) in [6, 6.07) is 15.8. The molecule has 3 N–H and O–H groups in total. The molecule has 5 nitrogen and oxygen atoms in total. The number of carbonyl (C=O) groups excluding carboxylic acids is 1. The predicted molar refractivity (Wildman–Crippen MR) is 161 cm³/mol. The molecular weight excluding hydrogens is 503 g/mol. The monoisotopic (exact) mass is 544 g/mol. The van der Waals surface area contributed by atoms with Crippen molar-refractivity contribution in [2.24, 2.45) is 11.8 Å². The zero-order valence-corrected chi connectivity index (χ0v) is 23.9. The Hall–Kier alpha value is -3.48. The topological polar surface area (TPSA) is 74.5 Å². The molecule has 0 fully saturated rings. The second-order valence-corrected chi connectivity index (χ2v) is 11.3. The molecule has 6 heteroatoms. The van der Waals surface area contributed by atoms with E-state index < -0.39 is 6.10 Å². The molecule has 2 aromatic carbocycles. The lowest BCUT2D eigenvalue weighted by atomic mass is 9.86. The Bertz CT molecular complexity index is 1360. The van der Waals surface area contributed by atoms with Crippen LogP contribution in [-0.4, -0.2) is 33.4 Å². The number of aliphatic hydroxyl groups is 2. The second-order valence-electron chi connectivity index (χ2n) is 11.3. The van der Waals surface area contributed by atoms with Crippen LogP contribution in [0.15, 0.2) is 72.8 Å². The summed E-state index contributed by atoms with van der Waals surface area (Å²) in [6.07, 6.45) is 7.44. The average Bonchev–Trinajstić information content (AvgIpc) is 3.24. The SMILES string of the molecule is CC1C=CC=C(c2c(C(=O)Nc3ccccc3)c(C(C)C)n(CC(O)CC(C)CCO)c2-c2ccc(F)cc2)C1. The number of rotatable bonds is 11. The molecule has 40 heavy (non-hydrogen) atoms. The molecule has 0 radical (unpaired) electrons. The van der Waals surface area contributed by atoms with E-state index in [2.05, 4.69) is 42.8 Å². The van der Waals surface area contributed by atoms with Gasteiger partial charge in [0.25, 0.3) is 5.91 Å². The molecular formula is C34H41FN2O3. The van der Waals surface area contributed by atoms with Gasteiger partial charge in [0.2, 0.25) is 0 Å². The fourth-order valence-electron chi connectivity index (χ4n) is 5.71. The number of nitrogens with one attached hydrogen (secondary N) is 1. The molecule has 3 atom stereocenters. The molecule has 1 aromatic heterocycles. The Kier molecular flexibility index (Phi) is 9.77. The third-order valence-electron chi connectivity index (χ3n) is 7.52. The van der Waals surface area contributed by atoms with Crippen LogP contribution in [0, 0.1) is 17.7 Å². The summed E-state index contributed by atoms with van der Waals surface area (Å²) in [7, 11) is 0. The van der Waals surface area contributed by atoms with E-state index in [-0.39, 0.29) is 36.7 Å². The van der Waals surface area contributed by atoms with Crippen molar-refractivity contribution >= 4 is 17.2 Å². The molecule has 1 heterocycles. The zero-order chi connectivity index (χ0) is 28.8. The standard InChI is InChI=1S/C34H41FN2O3/c1-22(2)32-31(34(40)36-28-11-6-5-7-12-28)30(26-10-8-9-23(3)19-26)33(25-13-15-27(35)16-14-25)37(32)21-29(39)20-24(4)17-18-38/h5-16,22-24,29,38-39H,17-21H2,1-4H3,(H,36,40). The van der Waals surface area contributed by atoms with Gasteiger partial charge in [-0.1, -0.05) is 64.1 Å². The molecule has 3 unspecified atom stereocenters. The first-order valence-corrected chi connectivity index (χ1v) is 14.2. The summed E-state index contributed by atoms with van der Waals surface area (Å²) in [5.41, 5.74) is 5.59. The van der Waals surface area contributed by atoms with Gasteiger partial charge in [0, 0.05) is 30.1 Å². The van der Waals surface area contributed by atoms with E-state index in [0.717, 1.165) is 34.5 Å². The molecule has 0 bridgehead atoms. The van der Waals surface area contributed by atoms with Crippen molar-refractivity contribution in [3.05, 3.63) is 95.5 Å². The summed E-state index contributed by atoms with van der Waals surface area (Å²) >= 11 is 0. The van der Waals surface area contributed by atoms with Crippen LogP contribution in [0.3, 0.4) is 0 Å². The average molecular weight is 545 g/mol. The van der Waals surface area contributed by atoms with Gasteiger partial charge in [0.1, 0.15) is 5.82 Å². The molecule has 1 amide bonds. The second kappa shape index (κ2) is 13.2. The number of halogens is 1. The number of aromatic nitrogens is 1. The Morgan fingerprint density at radius 2 is 1.80 bits per heavy atom. The van der Waals surface area contributed by atoms with Crippen LogP contribution in [0.5, 0.6) is 0 Å². The van der Waals surface area contributed by atoms with Crippen molar-refractivity contribution in [2.75, 3.05) is 11.9 Å². The molecule has 1 aliphatic carbocycles. The number of nitrogens with zero attached hydrogens (tertiary/aromatic N) is 1. The number of benzene rings is 2. The quantitative estimate of drug-likeness (QED) is 0.235. The molecule has 0 saturated carbocycles. The molecule has 1 aliphatic rings. The van der Waals surface area contributed by atoms with Crippen molar-refractivity contribution in [3.63, 3.8) is 0 Å². The van der Waals surface area contributed by atoms with Gasteiger partial charge in [-0.05, 0) is 84.6 Å². The van der Waals surface area contributed by atoms with Gasteiger partial charge in [0.15, 0.2) is 0 Å². The number of carbonyl (C=O) groups is 1. The van der Waals surface area contributed by atoms with E-state index in [1.807, 2.05) is 43.3 Å². The van der Waals surface area contributed by atoms with Crippen molar-refractivity contribution in [2.45, 2.75) is 65.5 Å². The molecule has 0 spiro atoms. The maximum Gasteiger partial charge on any atom is 0.258 e. The number of amides is 1. The van der Waals surface area contributed by atoms with E-state index in [4.69, 9.17) is 0 Å². The van der Waals surface area contributed by atoms with Crippen LogP contribution in [0.4, 0.5) is 10.1 Å². The zero-order valence-electron chi connectivity index (χ0n) is 23.9. The number of hydrogen-bond donors (Lipinski definition) is 3. The van der Waals surface area contributed by atoms with Gasteiger partial charge < -0.3 is 20.1 Å². The van der Waals surface area contributed by atoms with E-state index >= 15 is 0 Å². The van der Waals surface area contributed by atoms with Crippen LogP contribution in [0.2, 0.25) is 0 Å². The lowest BCUT2D eigenvalue weighted by molar-refractivity contribution is 0.102.